The van der Waals surface area contributed by atoms with Crippen LogP contribution < -0.4 is 11.1 Å². The topological polar surface area (TPSA) is 64.1 Å². The minimum atomic E-state index is 0.387. The van der Waals surface area contributed by atoms with Gasteiger partial charge in [-0.1, -0.05) is 29.4 Å². The van der Waals surface area contributed by atoms with Crippen LogP contribution in [0.1, 0.15) is 24.3 Å². The molecule has 0 spiro atoms. The first-order chi connectivity index (χ1) is 8.84. The molecule has 18 heavy (non-hydrogen) atoms. The highest BCUT2D eigenvalue weighted by atomic mass is 16.5. The van der Waals surface area contributed by atoms with E-state index in [1.54, 1.807) is 6.20 Å². The summed E-state index contributed by atoms with van der Waals surface area (Å²) in [5.74, 6) is 1.03. The fraction of sp³-hybridized carbons (Fsp3) is 0.357. The summed E-state index contributed by atoms with van der Waals surface area (Å²) in [6.45, 7) is 2.20. The number of hydrogen-bond acceptors (Lipinski definition) is 4. The summed E-state index contributed by atoms with van der Waals surface area (Å²) >= 11 is 0. The minimum Gasteiger partial charge on any atom is -0.367 e. The third kappa shape index (κ3) is 2.11. The molecule has 0 atom stereocenters. The second kappa shape index (κ2) is 4.82. The number of rotatable bonds is 2. The largest absolute Gasteiger partial charge is 0.367 e. The van der Waals surface area contributed by atoms with Gasteiger partial charge in [-0.25, -0.2) is 0 Å². The fourth-order valence-electron chi connectivity index (χ4n) is 2.58. The predicted octanol–water partition coefficient (Wildman–Crippen LogP) is 2.39. The van der Waals surface area contributed by atoms with E-state index in [0.29, 0.717) is 11.8 Å². The molecule has 1 fully saturated rings. The molecular formula is C14H17N3O. The number of nitrogens with zero attached hydrogens (tertiary/aromatic N) is 1. The maximum Gasteiger partial charge on any atom is 0.229 e. The van der Waals surface area contributed by atoms with Crippen molar-refractivity contribution < 1.29 is 4.52 Å². The Hall–Kier alpha value is -1.81. The van der Waals surface area contributed by atoms with Gasteiger partial charge in [0.2, 0.25) is 5.88 Å². The maximum absolute atomic E-state index is 5.76. The molecule has 0 radical (unpaired) electrons. The molecule has 3 N–H and O–H groups in total. The smallest absolute Gasteiger partial charge is 0.229 e. The average molecular weight is 243 g/mol. The monoisotopic (exact) mass is 243 g/mol. The third-order valence-corrected chi connectivity index (χ3v) is 3.61. The number of nitrogen functional groups attached to an aromatic ring is 1. The van der Waals surface area contributed by atoms with E-state index < -0.39 is 0 Å². The lowest BCUT2D eigenvalue weighted by Gasteiger charge is -2.23. The predicted molar refractivity (Wildman–Crippen MR) is 71.2 cm³/mol. The Bertz CT molecular complexity index is 529. The van der Waals surface area contributed by atoms with Crippen LogP contribution in [0, 0.1) is 0 Å². The van der Waals surface area contributed by atoms with Crippen molar-refractivity contribution in [2.75, 3.05) is 18.8 Å². The molecule has 3 rings (SSSR count). The van der Waals surface area contributed by atoms with Gasteiger partial charge >= 0.3 is 0 Å². The highest BCUT2D eigenvalue weighted by Gasteiger charge is 2.16. The minimum absolute atomic E-state index is 0.387. The molecule has 0 unspecified atom stereocenters. The lowest BCUT2D eigenvalue weighted by atomic mass is 9.89. The van der Waals surface area contributed by atoms with Gasteiger partial charge in [0.05, 0.1) is 11.8 Å². The van der Waals surface area contributed by atoms with Gasteiger partial charge in [0, 0.05) is 0 Å². The van der Waals surface area contributed by atoms with Crippen molar-refractivity contribution in [3.05, 3.63) is 36.0 Å². The van der Waals surface area contributed by atoms with Crippen molar-refractivity contribution >= 4 is 5.88 Å². The number of benzene rings is 1. The molecule has 2 heterocycles. The molecule has 4 heteroatoms. The summed E-state index contributed by atoms with van der Waals surface area (Å²) in [4.78, 5) is 0. The van der Waals surface area contributed by atoms with Crippen LogP contribution in [0.4, 0.5) is 5.88 Å². The molecule has 0 bridgehead atoms. The number of piperidine rings is 1. The lowest BCUT2D eigenvalue weighted by Crippen LogP contribution is -2.26. The molecule has 1 aromatic heterocycles. The normalized spacial score (nSPS) is 16.9. The molecule has 1 aliphatic heterocycles. The molecule has 0 amide bonds. The van der Waals surface area contributed by atoms with E-state index in [1.807, 2.05) is 6.07 Å². The quantitative estimate of drug-likeness (QED) is 0.850. The summed E-state index contributed by atoms with van der Waals surface area (Å²) in [6.07, 6.45) is 4.07. The van der Waals surface area contributed by atoms with Crippen LogP contribution in [-0.4, -0.2) is 18.2 Å². The van der Waals surface area contributed by atoms with Crippen molar-refractivity contribution in [3.63, 3.8) is 0 Å². The summed E-state index contributed by atoms with van der Waals surface area (Å²) in [7, 11) is 0. The van der Waals surface area contributed by atoms with Gasteiger partial charge < -0.3 is 15.6 Å². The zero-order valence-electron chi connectivity index (χ0n) is 10.2. The van der Waals surface area contributed by atoms with Gasteiger partial charge in [0.25, 0.3) is 0 Å². The second-order valence-electron chi connectivity index (χ2n) is 4.75. The van der Waals surface area contributed by atoms with Crippen molar-refractivity contribution in [1.29, 1.82) is 0 Å². The Morgan fingerprint density at radius 1 is 1.28 bits per heavy atom. The third-order valence-electron chi connectivity index (χ3n) is 3.61. The Balaban J connectivity index is 1.91. The molecule has 4 nitrogen and oxygen atoms in total. The molecule has 0 aliphatic carbocycles. The van der Waals surface area contributed by atoms with Gasteiger partial charge in [-0.05, 0) is 43.0 Å². The van der Waals surface area contributed by atoms with Crippen molar-refractivity contribution in [2.45, 2.75) is 18.8 Å². The number of aromatic nitrogens is 1. The van der Waals surface area contributed by atoms with E-state index in [0.717, 1.165) is 24.2 Å². The van der Waals surface area contributed by atoms with Crippen molar-refractivity contribution in [2.24, 2.45) is 0 Å². The lowest BCUT2D eigenvalue weighted by molar-refractivity contribution is 0.436. The van der Waals surface area contributed by atoms with Crippen LogP contribution in [0.25, 0.3) is 11.1 Å². The first-order valence-electron chi connectivity index (χ1n) is 6.36. The van der Waals surface area contributed by atoms with Crippen molar-refractivity contribution in [1.82, 2.24) is 10.5 Å². The van der Waals surface area contributed by atoms with Crippen LogP contribution in [0.5, 0.6) is 0 Å². The summed E-state index contributed by atoms with van der Waals surface area (Å²) in [6, 6.07) is 8.54. The molecule has 94 valence electrons. The fourth-order valence-corrected chi connectivity index (χ4v) is 2.58. The molecule has 1 aromatic carbocycles. The Labute approximate surface area is 106 Å². The van der Waals surface area contributed by atoms with Gasteiger partial charge in [0.15, 0.2) is 0 Å². The van der Waals surface area contributed by atoms with E-state index >= 15 is 0 Å². The van der Waals surface area contributed by atoms with Gasteiger partial charge in [-0.3, -0.25) is 0 Å². The number of anilines is 1. The number of nitrogens with one attached hydrogen (secondary N) is 1. The van der Waals surface area contributed by atoms with E-state index in [4.69, 9.17) is 10.3 Å². The van der Waals surface area contributed by atoms with Crippen LogP contribution >= 0.6 is 0 Å². The van der Waals surface area contributed by atoms with Crippen LogP contribution in [-0.2, 0) is 0 Å². The summed E-state index contributed by atoms with van der Waals surface area (Å²) < 4.78 is 4.92. The van der Waals surface area contributed by atoms with E-state index in [2.05, 4.69) is 28.7 Å². The molecule has 0 saturated carbocycles. The zero-order valence-corrected chi connectivity index (χ0v) is 10.2. The van der Waals surface area contributed by atoms with E-state index in [9.17, 15) is 0 Å². The first-order valence-corrected chi connectivity index (χ1v) is 6.36. The standard InChI is InChI=1S/C14H17N3O/c15-14-13(9-17-18-14)12-3-1-2-11(8-12)10-4-6-16-7-5-10/h1-3,8-10,16H,4-7,15H2. The summed E-state index contributed by atoms with van der Waals surface area (Å²) in [5, 5.41) is 7.12. The highest BCUT2D eigenvalue weighted by molar-refractivity contribution is 5.72. The number of nitrogens with two attached hydrogens (primary N) is 1. The van der Waals surface area contributed by atoms with Crippen molar-refractivity contribution in [3.8, 4) is 11.1 Å². The Kier molecular flexibility index (Phi) is 3.02. The SMILES string of the molecule is Nc1oncc1-c1cccc(C2CCNCC2)c1. The Morgan fingerprint density at radius 2 is 2.11 bits per heavy atom. The second-order valence-corrected chi connectivity index (χ2v) is 4.75. The molecule has 2 aromatic rings. The van der Waals surface area contributed by atoms with Gasteiger partial charge in [-0.2, -0.15) is 0 Å². The molecule has 1 saturated heterocycles. The Morgan fingerprint density at radius 3 is 2.83 bits per heavy atom. The van der Waals surface area contributed by atoms with Crippen LogP contribution in [0.2, 0.25) is 0 Å². The average Bonchev–Trinajstić information content (AvgIpc) is 2.86. The first kappa shape index (κ1) is 11.3. The number of hydrogen-bond donors (Lipinski definition) is 2. The maximum atomic E-state index is 5.76. The van der Waals surface area contributed by atoms with Crippen LogP contribution in [0.3, 0.4) is 0 Å². The molecular weight excluding hydrogens is 226 g/mol. The van der Waals surface area contributed by atoms with E-state index in [1.165, 1.54) is 18.4 Å². The van der Waals surface area contributed by atoms with Gasteiger partial charge in [0.1, 0.15) is 0 Å². The molecule has 1 aliphatic rings. The zero-order chi connectivity index (χ0) is 12.4. The highest BCUT2D eigenvalue weighted by Crippen LogP contribution is 2.31. The van der Waals surface area contributed by atoms with E-state index in [-0.39, 0.29) is 0 Å². The van der Waals surface area contributed by atoms with Gasteiger partial charge in [-0.15, -0.1) is 0 Å². The summed E-state index contributed by atoms with van der Waals surface area (Å²) in [5.41, 5.74) is 9.11. The van der Waals surface area contributed by atoms with Crippen LogP contribution in [0.15, 0.2) is 35.0 Å².